The number of methoxy groups -OCH3 is 1. The highest BCUT2D eigenvalue weighted by molar-refractivity contribution is 5.97. The second-order valence-electron chi connectivity index (χ2n) is 7.22. The number of anilines is 1. The smallest absolute Gasteiger partial charge is 0.258 e. The summed E-state index contributed by atoms with van der Waals surface area (Å²) in [7, 11) is 1.39. The zero-order chi connectivity index (χ0) is 19.4. The lowest BCUT2D eigenvalue weighted by molar-refractivity contribution is 0.0561. The third-order valence-electron chi connectivity index (χ3n) is 5.03. The molecule has 5 nitrogen and oxygen atoms in total. The normalized spacial score (nSPS) is 19.6. The Balaban J connectivity index is 1.78. The summed E-state index contributed by atoms with van der Waals surface area (Å²) in [6.07, 6.45) is 3.76. The third-order valence-corrected chi connectivity index (χ3v) is 5.03. The van der Waals surface area contributed by atoms with Gasteiger partial charge in [-0.25, -0.2) is 9.37 Å². The quantitative estimate of drug-likeness (QED) is 0.866. The average molecular weight is 371 g/mol. The minimum Gasteiger partial charge on any atom is -0.493 e. The molecular weight excluding hydrogens is 345 g/mol. The van der Waals surface area contributed by atoms with Crippen LogP contribution < -0.4 is 10.1 Å². The highest BCUT2D eigenvalue weighted by Crippen LogP contribution is 2.28. The number of ether oxygens (including phenoxy) is 1. The largest absolute Gasteiger partial charge is 0.493 e. The number of aromatic nitrogens is 1. The third kappa shape index (κ3) is 4.38. The van der Waals surface area contributed by atoms with Gasteiger partial charge in [0.2, 0.25) is 0 Å². The summed E-state index contributed by atoms with van der Waals surface area (Å²) in [4.78, 5) is 19.4. The van der Waals surface area contributed by atoms with Crippen molar-refractivity contribution in [3.05, 3.63) is 53.5 Å². The molecule has 1 saturated heterocycles. The molecule has 6 heteroatoms. The van der Waals surface area contributed by atoms with Crippen molar-refractivity contribution in [1.29, 1.82) is 0 Å². The Bertz CT molecular complexity index is 795. The van der Waals surface area contributed by atoms with Gasteiger partial charge in [0.1, 0.15) is 5.82 Å². The Labute approximate surface area is 159 Å². The van der Waals surface area contributed by atoms with E-state index in [1.807, 2.05) is 30.2 Å². The average Bonchev–Trinajstić information content (AvgIpc) is 2.67. The fraction of sp³-hybridized carbons (Fsp3) is 0.429. The number of halogens is 1. The summed E-state index contributed by atoms with van der Waals surface area (Å²) in [5.41, 5.74) is 1.37. The van der Waals surface area contributed by atoms with Gasteiger partial charge in [0, 0.05) is 25.3 Å². The van der Waals surface area contributed by atoms with Crippen LogP contribution in [0, 0.1) is 18.7 Å². The molecule has 1 fully saturated rings. The molecule has 0 radical (unpaired) electrons. The molecule has 2 atom stereocenters. The molecule has 27 heavy (non-hydrogen) atoms. The molecule has 1 unspecified atom stereocenters. The van der Waals surface area contributed by atoms with Crippen molar-refractivity contribution in [3.63, 3.8) is 0 Å². The van der Waals surface area contributed by atoms with Gasteiger partial charge in [-0.3, -0.25) is 4.79 Å². The minimum absolute atomic E-state index is 0.00707. The van der Waals surface area contributed by atoms with E-state index in [0.717, 1.165) is 24.2 Å². The molecule has 1 aromatic carbocycles. The Morgan fingerprint density at radius 3 is 2.85 bits per heavy atom. The summed E-state index contributed by atoms with van der Waals surface area (Å²) in [6.45, 7) is 5.37. The standard InChI is InChI=1S/C21H26FN3O2/c1-14-8-10-19(23-11-14)24-12-16-9-7-15(2)13-25(16)21(26)17-5-4-6-18(22)20(17)27-3/h4-6,8,10-11,15-16H,7,9,12-13H2,1-3H3,(H,23,24)/t15?,16-/m0/s1. The predicted octanol–water partition coefficient (Wildman–Crippen LogP) is 3.89. The van der Waals surface area contributed by atoms with Crippen LogP contribution in [0.1, 0.15) is 35.7 Å². The van der Waals surface area contributed by atoms with Crippen LogP contribution >= 0.6 is 0 Å². The molecule has 144 valence electrons. The van der Waals surface area contributed by atoms with Gasteiger partial charge in [-0.2, -0.15) is 0 Å². The van der Waals surface area contributed by atoms with Crippen LogP contribution in [-0.4, -0.2) is 42.0 Å². The number of aryl methyl sites for hydroxylation is 1. The molecule has 1 aliphatic heterocycles. The van der Waals surface area contributed by atoms with Gasteiger partial charge in [-0.15, -0.1) is 0 Å². The molecule has 0 spiro atoms. The van der Waals surface area contributed by atoms with Gasteiger partial charge < -0.3 is 15.0 Å². The molecule has 3 rings (SSSR count). The monoisotopic (exact) mass is 371 g/mol. The highest BCUT2D eigenvalue weighted by Gasteiger charge is 2.32. The second kappa shape index (κ2) is 8.37. The van der Waals surface area contributed by atoms with E-state index < -0.39 is 5.82 Å². The second-order valence-corrected chi connectivity index (χ2v) is 7.22. The number of nitrogens with one attached hydrogen (secondary N) is 1. The first-order valence-electron chi connectivity index (χ1n) is 9.29. The lowest BCUT2D eigenvalue weighted by atomic mass is 9.93. The molecule has 2 aromatic rings. The molecule has 0 aliphatic carbocycles. The zero-order valence-corrected chi connectivity index (χ0v) is 16.0. The van der Waals surface area contributed by atoms with Crippen molar-refractivity contribution < 1.29 is 13.9 Å². The number of hydrogen-bond acceptors (Lipinski definition) is 4. The van der Waals surface area contributed by atoms with Crippen molar-refractivity contribution in [2.75, 3.05) is 25.5 Å². The summed E-state index contributed by atoms with van der Waals surface area (Å²) in [5.74, 6) is 0.485. The molecule has 1 amide bonds. The van der Waals surface area contributed by atoms with Gasteiger partial charge in [0.15, 0.2) is 11.6 Å². The Morgan fingerprint density at radius 1 is 1.33 bits per heavy atom. The van der Waals surface area contributed by atoms with Crippen LogP contribution in [0.2, 0.25) is 0 Å². The SMILES string of the molecule is COc1c(F)cccc1C(=O)N1CC(C)CC[C@H]1CNc1ccc(C)cn1. The number of amides is 1. The zero-order valence-electron chi connectivity index (χ0n) is 16.0. The fourth-order valence-corrected chi connectivity index (χ4v) is 3.50. The van der Waals surface area contributed by atoms with Crippen molar-refractivity contribution in [1.82, 2.24) is 9.88 Å². The topological polar surface area (TPSA) is 54.5 Å². The lowest BCUT2D eigenvalue weighted by Crippen LogP contribution is -2.49. The van der Waals surface area contributed by atoms with Crippen molar-refractivity contribution in [2.45, 2.75) is 32.7 Å². The molecule has 1 aliphatic rings. The number of para-hydroxylation sites is 1. The van der Waals surface area contributed by atoms with Gasteiger partial charge >= 0.3 is 0 Å². The molecule has 0 saturated carbocycles. The van der Waals surface area contributed by atoms with E-state index in [-0.39, 0.29) is 23.3 Å². The van der Waals surface area contributed by atoms with Crippen molar-refractivity contribution in [3.8, 4) is 5.75 Å². The van der Waals surface area contributed by atoms with Crippen molar-refractivity contribution >= 4 is 11.7 Å². The number of nitrogens with zero attached hydrogens (tertiary/aromatic N) is 2. The minimum atomic E-state index is -0.521. The maximum absolute atomic E-state index is 14.0. The van der Waals surface area contributed by atoms with Gasteiger partial charge in [-0.1, -0.05) is 19.1 Å². The number of pyridine rings is 1. The van der Waals surface area contributed by atoms with E-state index in [1.54, 1.807) is 12.1 Å². The van der Waals surface area contributed by atoms with E-state index in [4.69, 9.17) is 4.74 Å². The van der Waals surface area contributed by atoms with Gasteiger partial charge in [0.25, 0.3) is 5.91 Å². The first kappa shape index (κ1) is 19.1. The number of carbonyl (C=O) groups is 1. The highest BCUT2D eigenvalue weighted by atomic mass is 19.1. The maximum Gasteiger partial charge on any atom is 0.258 e. The Hall–Kier alpha value is -2.63. The number of hydrogen-bond donors (Lipinski definition) is 1. The van der Waals surface area contributed by atoms with E-state index >= 15 is 0 Å². The number of likely N-dealkylation sites (tertiary alicyclic amines) is 1. The van der Waals surface area contributed by atoms with Gasteiger partial charge in [0.05, 0.1) is 12.7 Å². The number of benzene rings is 1. The van der Waals surface area contributed by atoms with Crippen LogP contribution in [0.15, 0.2) is 36.5 Å². The lowest BCUT2D eigenvalue weighted by Gasteiger charge is -2.39. The molecule has 1 aromatic heterocycles. The van der Waals surface area contributed by atoms with Crippen LogP contribution in [-0.2, 0) is 0 Å². The molecular formula is C21H26FN3O2. The van der Waals surface area contributed by atoms with Crippen molar-refractivity contribution in [2.24, 2.45) is 5.92 Å². The van der Waals surface area contributed by atoms with E-state index in [2.05, 4.69) is 17.2 Å². The number of carbonyl (C=O) groups excluding carboxylic acids is 1. The van der Waals surface area contributed by atoms with Gasteiger partial charge in [-0.05, 0) is 49.4 Å². The summed E-state index contributed by atoms with van der Waals surface area (Å²) in [5, 5.41) is 3.32. The molecule has 0 bridgehead atoms. The molecule has 1 N–H and O–H groups in total. The molecule has 2 heterocycles. The Kier molecular flexibility index (Phi) is 5.94. The van der Waals surface area contributed by atoms with E-state index in [1.165, 1.54) is 13.2 Å². The van der Waals surface area contributed by atoms with Crippen LogP contribution in [0.4, 0.5) is 10.2 Å². The number of rotatable bonds is 5. The number of piperidine rings is 1. The fourth-order valence-electron chi connectivity index (χ4n) is 3.50. The summed E-state index contributed by atoms with van der Waals surface area (Å²) >= 11 is 0. The Morgan fingerprint density at radius 2 is 2.15 bits per heavy atom. The van der Waals surface area contributed by atoms with Crippen LogP contribution in [0.5, 0.6) is 5.75 Å². The summed E-state index contributed by atoms with van der Waals surface area (Å²) < 4.78 is 19.2. The van der Waals surface area contributed by atoms with E-state index in [9.17, 15) is 9.18 Å². The first-order valence-corrected chi connectivity index (χ1v) is 9.29. The maximum atomic E-state index is 14.0. The van der Waals surface area contributed by atoms with E-state index in [0.29, 0.717) is 19.0 Å². The summed E-state index contributed by atoms with van der Waals surface area (Å²) in [6, 6.07) is 8.42. The van der Waals surface area contributed by atoms with Crippen LogP contribution in [0.25, 0.3) is 0 Å². The first-order chi connectivity index (χ1) is 13.0. The predicted molar refractivity (Wildman–Crippen MR) is 104 cm³/mol. The van der Waals surface area contributed by atoms with Crippen LogP contribution in [0.3, 0.4) is 0 Å².